The van der Waals surface area contributed by atoms with E-state index in [1.54, 1.807) is 0 Å². The van der Waals surface area contributed by atoms with Gasteiger partial charge in [-0.2, -0.15) is 0 Å². The van der Waals surface area contributed by atoms with Gasteiger partial charge in [0, 0.05) is 22.4 Å². The van der Waals surface area contributed by atoms with Gasteiger partial charge < -0.3 is 4.74 Å². The fourth-order valence-corrected chi connectivity index (χ4v) is 0.485. The predicted octanol–water partition coefficient (Wildman–Crippen LogP) is 1.29. The van der Waals surface area contributed by atoms with Crippen LogP contribution in [0.3, 0.4) is 0 Å². The Bertz CT molecular complexity index is 318. The normalized spacial score (nSPS) is 8.33. The van der Waals surface area contributed by atoms with E-state index in [0.717, 1.165) is 0 Å². The minimum Gasteiger partial charge on any atom is -0.401 e. The van der Waals surface area contributed by atoms with Crippen molar-refractivity contribution in [3.05, 3.63) is 29.0 Å². The van der Waals surface area contributed by atoms with E-state index >= 15 is 0 Å². The third kappa shape index (κ3) is 2.24. The zero-order chi connectivity index (χ0) is 8.81. The molecule has 12 heavy (non-hydrogen) atoms. The number of rotatable bonds is 1. The van der Waals surface area contributed by atoms with Gasteiger partial charge in [0.2, 0.25) is 5.88 Å². The minimum absolute atomic E-state index is 0.00472. The Balaban J connectivity index is 2.64. The van der Waals surface area contributed by atoms with Gasteiger partial charge in [-0.1, -0.05) is 0 Å². The Morgan fingerprint density at radius 2 is 2.50 bits per heavy atom. The second-order valence-corrected chi connectivity index (χ2v) is 1.60. The molecule has 1 aromatic heterocycles. The number of carbonyl (C=O) groups is 1. The molecule has 7 nitrogen and oxygen atoms in total. The number of amides is 1. The van der Waals surface area contributed by atoms with Crippen LogP contribution in [0.2, 0.25) is 0 Å². The molecule has 1 rings (SSSR count). The molecule has 0 saturated heterocycles. The van der Waals surface area contributed by atoms with Crippen LogP contribution in [0, 0.1) is 0 Å². The van der Waals surface area contributed by atoms with Crippen LogP contribution in [0.25, 0.3) is 10.4 Å². The standard InChI is InChI=1S/C5H3N5O2/c6-10-9-5(11)12-4-3-7-1-2-8-4/h1-3H. The number of hydrogen-bond donors (Lipinski definition) is 0. The summed E-state index contributed by atoms with van der Waals surface area (Å²) >= 11 is 0. The zero-order valence-electron chi connectivity index (χ0n) is 5.78. The van der Waals surface area contributed by atoms with Crippen molar-refractivity contribution in [2.75, 3.05) is 0 Å². The van der Waals surface area contributed by atoms with Crippen LogP contribution in [0.15, 0.2) is 23.7 Å². The topological polar surface area (TPSA) is 101 Å². The van der Waals surface area contributed by atoms with Crippen LogP contribution in [-0.4, -0.2) is 16.1 Å². The lowest BCUT2D eigenvalue weighted by atomic mass is 10.7. The fraction of sp³-hybridized carbons (Fsp3) is 0. The molecule has 0 fully saturated rings. The molecule has 0 bridgehead atoms. The third-order valence-electron chi connectivity index (χ3n) is 0.858. The van der Waals surface area contributed by atoms with E-state index in [4.69, 9.17) is 5.53 Å². The van der Waals surface area contributed by atoms with Crippen molar-refractivity contribution in [3.8, 4) is 5.88 Å². The molecule has 60 valence electrons. The monoisotopic (exact) mass is 165 g/mol. The van der Waals surface area contributed by atoms with Crippen LogP contribution in [0.4, 0.5) is 4.79 Å². The van der Waals surface area contributed by atoms with Gasteiger partial charge in [0.25, 0.3) is 0 Å². The second kappa shape index (κ2) is 3.89. The van der Waals surface area contributed by atoms with Crippen LogP contribution in [-0.2, 0) is 0 Å². The van der Waals surface area contributed by atoms with E-state index in [0.29, 0.717) is 0 Å². The van der Waals surface area contributed by atoms with Crippen LogP contribution in [0.5, 0.6) is 5.88 Å². The minimum atomic E-state index is -1.06. The number of aromatic nitrogens is 2. The van der Waals surface area contributed by atoms with Crippen molar-refractivity contribution in [1.82, 2.24) is 9.97 Å². The molecule has 7 heteroatoms. The molecule has 1 heterocycles. The maximum absolute atomic E-state index is 10.5. The highest BCUT2D eigenvalue weighted by molar-refractivity contribution is 5.70. The lowest BCUT2D eigenvalue weighted by Gasteiger charge is -1.95. The highest BCUT2D eigenvalue weighted by atomic mass is 16.6. The Morgan fingerprint density at radius 3 is 3.08 bits per heavy atom. The van der Waals surface area contributed by atoms with Crippen molar-refractivity contribution in [2.24, 2.45) is 5.11 Å². The zero-order valence-corrected chi connectivity index (χ0v) is 5.78. The number of azide groups is 1. The average Bonchev–Trinajstić information content (AvgIpc) is 2.06. The number of ether oxygens (including phenoxy) is 1. The van der Waals surface area contributed by atoms with Gasteiger partial charge in [0.1, 0.15) is 0 Å². The van der Waals surface area contributed by atoms with E-state index in [-0.39, 0.29) is 5.88 Å². The Hall–Kier alpha value is -2.14. The van der Waals surface area contributed by atoms with E-state index in [9.17, 15) is 4.79 Å². The first kappa shape index (κ1) is 7.96. The summed E-state index contributed by atoms with van der Waals surface area (Å²) in [7, 11) is 0. The molecular formula is C5H3N5O2. The molecule has 0 spiro atoms. The van der Waals surface area contributed by atoms with Crippen molar-refractivity contribution in [1.29, 1.82) is 0 Å². The molecule has 0 aliphatic carbocycles. The molecule has 0 saturated carbocycles. The highest BCUT2D eigenvalue weighted by Gasteiger charge is 2.00. The molecule has 0 aliphatic heterocycles. The van der Waals surface area contributed by atoms with Gasteiger partial charge in [0.15, 0.2) is 0 Å². The maximum atomic E-state index is 10.5. The first-order valence-corrected chi connectivity index (χ1v) is 2.86. The van der Waals surface area contributed by atoms with Gasteiger partial charge in [-0.3, -0.25) is 4.98 Å². The summed E-state index contributed by atoms with van der Waals surface area (Å²) in [6, 6.07) is 0. The van der Waals surface area contributed by atoms with Crippen molar-refractivity contribution in [3.63, 3.8) is 0 Å². The van der Waals surface area contributed by atoms with Gasteiger partial charge in [0.05, 0.1) is 6.20 Å². The predicted molar refractivity (Wildman–Crippen MR) is 37.2 cm³/mol. The van der Waals surface area contributed by atoms with Crippen LogP contribution >= 0.6 is 0 Å². The van der Waals surface area contributed by atoms with E-state index < -0.39 is 6.09 Å². The van der Waals surface area contributed by atoms with Crippen molar-refractivity contribution in [2.45, 2.75) is 0 Å². The lowest BCUT2D eigenvalue weighted by Crippen LogP contribution is -2.01. The van der Waals surface area contributed by atoms with Crippen LogP contribution < -0.4 is 4.74 Å². The lowest BCUT2D eigenvalue weighted by molar-refractivity contribution is 0.209. The van der Waals surface area contributed by atoms with E-state index in [2.05, 4.69) is 24.7 Å². The number of carbonyl (C=O) groups excluding carboxylic acids is 1. The summed E-state index contributed by atoms with van der Waals surface area (Å²) in [5.41, 5.74) is 7.84. The molecule has 0 unspecified atom stereocenters. The SMILES string of the molecule is [N-]=[N+]=NC(=O)Oc1cnccn1. The number of nitrogens with zero attached hydrogens (tertiary/aromatic N) is 5. The summed E-state index contributed by atoms with van der Waals surface area (Å²) in [5, 5.41) is 2.67. The molecule has 0 N–H and O–H groups in total. The summed E-state index contributed by atoms with van der Waals surface area (Å²) in [6.07, 6.45) is 2.94. The largest absolute Gasteiger partial charge is 0.403 e. The Kier molecular flexibility index (Phi) is 2.58. The molecule has 0 aliphatic rings. The molecule has 1 amide bonds. The molecular weight excluding hydrogens is 162 g/mol. The van der Waals surface area contributed by atoms with Crippen molar-refractivity contribution < 1.29 is 9.53 Å². The second-order valence-electron chi connectivity index (χ2n) is 1.60. The van der Waals surface area contributed by atoms with Gasteiger partial charge in [-0.05, 0) is 5.53 Å². The summed E-state index contributed by atoms with van der Waals surface area (Å²) in [6.45, 7) is 0. The first-order valence-electron chi connectivity index (χ1n) is 2.86. The summed E-state index contributed by atoms with van der Waals surface area (Å²) in [4.78, 5) is 20.0. The third-order valence-corrected chi connectivity index (χ3v) is 0.858. The molecule has 0 aromatic carbocycles. The number of hydrogen-bond acceptors (Lipinski definition) is 4. The summed E-state index contributed by atoms with van der Waals surface area (Å²) < 4.78 is 4.42. The fourth-order valence-electron chi connectivity index (χ4n) is 0.485. The van der Waals surface area contributed by atoms with Gasteiger partial charge in [-0.25, -0.2) is 9.78 Å². The summed E-state index contributed by atoms with van der Waals surface area (Å²) in [5.74, 6) is -0.00472. The Morgan fingerprint density at radius 1 is 1.67 bits per heavy atom. The highest BCUT2D eigenvalue weighted by Crippen LogP contribution is 2.01. The van der Waals surface area contributed by atoms with Gasteiger partial charge >= 0.3 is 6.09 Å². The van der Waals surface area contributed by atoms with Gasteiger partial charge in [-0.15, -0.1) is 0 Å². The van der Waals surface area contributed by atoms with Crippen LogP contribution in [0.1, 0.15) is 0 Å². The van der Waals surface area contributed by atoms with Crippen molar-refractivity contribution >= 4 is 6.09 Å². The molecule has 0 radical (unpaired) electrons. The Labute approximate surface area is 66.6 Å². The van der Waals surface area contributed by atoms with E-state index in [1.165, 1.54) is 18.6 Å². The molecule has 1 aromatic rings. The first-order chi connectivity index (χ1) is 5.83. The maximum Gasteiger partial charge on any atom is 0.403 e. The smallest absolute Gasteiger partial charge is 0.401 e. The quantitative estimate of drug-likeness (QED) is 0.355. The average molecular weight is 165 g/mol. The van der Waals surface area contributed by atoms with E-state index in [1.807, 2.05) is 0 Å². The molecule has 0 atom stereocenters.